The lowest BCUT2D eigenvalue weighted by Gasteiger charge is -2.32. The van der Waals surface area contributed by atoms with Crippen LogP contribution < -0.4 is 10.1 Å². The maximum absolute atomic E-state index is 12.2. The highest BCUT2D eigenvalue weighted by atomic mass is 16.5. The van der Waals surface area contributed by atoms with Gasteiger partial charge in [0.05, 0.1) is 12.5 Å². The monoisotopic (exact) mass is 409 g/mol. The Balaban J connectivity index is 1.47. The maximum atomic E-state index is 12.2. The van der Waals surface area contributed by atoms with Gasteiger partial charge in [-0.2, -0.15) is 5.10 Å². The number of piperidine rings is 1. The van der Waals surface area contributed by atoms with Gasteiger partial charge in [-0.3, -0.25) is 9.89 Å². The summed E-state index contributed by atoms with van der Waals surface area (Å²) >= 11 is 0. The van der Waals surface area contributed by atoms with Crippen LogP contribution in [0.5, 0.6) is 5.75 Å². The number of nitrogens with one attached hydrogen (secondary N) is 2. The SMILES string of the molecule is COCC(=O)N1CCCC(c2ccc3c(NCc4ccccc4OC)n[nH]c3n2)C1. The van der Waals surface area contributed by atoms with E-state index in [1.807, 2.05) is 41.3 Å². The van der Waals surface area contributed by atoms with Gasteiger partial charge < -0.3 is 19.7 Å². The third-order valence-electron chi connectivity index (χ3n) is 5.54. The molecule has 0 saturated carbocycles. The van der Waals surface area contributed by atoms with E-state index in [4.69, 9.17) is 14.5 Å². The second kappa shape index (κ2) is 9.13. The molecule has 30 heavy (non-hydrogen) atoms. The Kier molecular flexibility index (Phi) is 6.13. The summed E-state index contributed by atoms with van der Waals surface area (Å²) in [5.41, 5.74) is 2.79. The van der Waals surface area contributed by atoms with Crippen molar-refractivity contribution in [1.29, 1.82) is 0 Å². The van der Waals surface area contributed by atoms with Crippen LogP contribution in [0.3, 0.4) is 0 Å². The Morgan fingerprint density at radius 2 is 2.13 bits per heavy atom. The third kappa shape index (κ3) is 4.23. The Morgan fingerprint density at radius 3 is 2.97 bits per heavy atom. The van der Waals surface area contributed by atoms with Crippen molar-refractivity contribution in [3.63, 3.8) is 0 Å². The molecule has 1 aliphatic rings. The number of aromatic nitrogens is 3. The van der Waals surface area contributed by atoms with Crippen LogP contribution >= 0.6 is 0 Å². The molecule has 4 rings (SSSR count). The fraction of sp³-hybridized carbons (Fsp3) is 0.409. The summed E-state index contributed by atoms with van der Waals surface area (Å²) in [7, 11) is 3.22. The van der Waals surface area contributed by atoms with Crippen LogP contribution in [-0.2, 0) is 16.1 Å². The topological polar surface area (TPSA) is 92.4 Å². The van der Waals surface area contributed by atoms with Crippen LogP contribution in [0, 0.1) is 0 Å². The number of ether oxygens (including phenoxy) is 2. The number of para-hydroxylation sites is 1. The number of benzene rings is 1. The number of methoxy groups -OCH3 is 2. The zero-order valence-electron chi connectivity index (χ0n) is 17.4. The number of rotatable bonds is 7. The van der Waals surface area contributed by atoms with Gasteiger partial charge in [-0.25, -0.2) is 4.98 Å². The summed E-state index contributed by atoms with van der Waals surface area (Å²) < 4.78 is 10.4. The van der Waals surface area contributed by atoms with Gasteiger partial charge in [0.1, 0.15) is 12.4 Å². The van der Waals surface area contributed by atoms with Gasteiger partial charge in [0.25, 0.3) is 0 Å². The van der Waals surface area contributed by atoms with Crippen molar-refractivity contribution < 1.29 is 14.3 Å². The molecule has 158 valence electrons. The minimum absolute atomic E-state index is 0.0349. The molecule has 8 heteroatoms. The average molecular weight is 409 g/mol. The summed E-state index contributed by atoms with van der Waals surface area (Å²) in [4.78, 5) is 18.8. The van der Waals surface area contributed by atoms with Crippen molar-refractivity contribution in [3.05, 3.63) is 47.7 Å². The third-order valence-corrected chi connectivity index (χ3v) is 5.54. The molecule has 1 amide bonds. The van der Waals surface area contributed by atoms with Gasteiger partial charge in [0.15, 0.2) is 11.5 Å². The molecule has 8 nitrogen and oxygen atoms in total. The first-order chi connectivity index (χ1) is 14.7. The zero-order chi connectivity index (χ0) is 20.9. The number of H-pyrrole nitrogens is 1. The van der Waals surface area contributed by atoms with Crippen LogP contribution in [-0.4, -0.2) is 59.9 Å². The first-order valence-corrected chi connectivity index (χ1v) is 10.2. The number of hydrogen-bond acceptors (Lipinski definition) is 6. The fourth-order valence-corrected chi connectivity index (χ4v) is 3.97. The summed E-state index contributed by atoms with van der Waals surface area (Å²) in [5.74, 6) is 1.86. The quantitative estimate of drug-likeness (QED) is 0.623. The molecule has 3 aromatic rings. The van der Waals surface area contributed by atoms with E-state index in [1.54, 1.807) is 14.2 Å². The number of aromatic amines is 1. The smallest absolute Gasteiger partial charge is 0.248 e. The normalized spacial score (nSPS) is 16.6. The van der Waals surface area contributed by atoms with Gasteiger partial charge in [0.2, 0.25) is 5.91 Å². The van der Waals surface area contributed by atoms with Crippen molar-refractivity contribution in [2.45, 2.75) is 25.3 Å². The number of pyridine rings is 1. The summed E-state index contributed by atoms with van der Waals surface area (Å²) in [6, 6.07) is 12.0. The van der Waals surface area contributed by atoms with Crippen molar-refractivity contribution in [3.8, 4) is 5.75 Å². The molecule has 1 aliphatic heterocycles. The molecule has 1 fully saturated rings. The highest BCUT2D eigenvalue weighted by molar-refractivity contribution is 5.87. The molecule has 0 radical (unpaired) electrons. The van der Waals surface area contributed by atoms with Gasteiger partial charge in [0, 0.05) is 43.9 Å². The van der Waals surface area contributed by atoms with Crippen LogP contribution in [0.15, 0.2) is 36.4 Å². The second-order valence-corrected chi connectivity index (χ2v) is 7.48. The second-order valence-electron chi connectivity index (χ2n) is 7.48. The molecule has 1 unspecified atom stereocenters. The lowest BCUT2D eigenvalue weighted by atomic mass is 9.94. The van der Waals surface area contributed by atoms with Crippen LogP contribution in [0.4, 0.5) is 5.82 Å². The summed E-state index contributed by atoms with van der Waals surface area (Å²) in [5, 5.41) is 11.7. The molecule has 1 atom stereocenters. The van der Waals surface area contributed by atoms with E-state index < -0.39 is 0 Å². The Hall–Kier alpha value is -3.13. The molecule has 1 saturated heterocycles. The number of likely N-dealkylation sites (tertiary alicyclic amines) is 1. The summed E-state index contributed by atoms with van der Waals surface area (Å²) in [6.07, 6.45) is 1.98. The maximum Gasteiger partial charge on any atom is 0.248 e. The van der Waals surface area contributed by atoms with Crippen LogP contribution in [0.25, 0.3) is 11.0 Å². The Morgan fingerprint density at radius 1 is 1.27 bits per heavy atom. The first-order valence-electron chi connectivity index (χ1n) is 10.2. The zero-order valence-corrected chi connectivity index (χ0v) is 17.4. The molecular weight excluding hydrogens is 382 g/mol. The summed E-state index contributed by atoms with van der Waals surface area (Å²) in [6.45, 7) is 2.18. The van der Waals surface area contributed by atoms with E-state index in [1.165, 1.54) is 0 Å². The number of nitrogens with zero attached hydrogens (tertiary/aromatic N) is 3. The number of fused-ring (bicyclic) bond motifs is 1. The van der Waals surface area contributed by atoms with E-state index in [2.05, 4.69) is 15.5 Å². The minimum atomic E-state index is 0.0349. The molecule has 0 spiro atoms. The van der Waals surface area contributed by atoms with Crippen LogP contribution in [0.2, 0.25) is 0 Å². The van der Waals surface area contributed by atoms with E-state index in [0.717, 1.165) is 53.2 Å². The molecule has 0 bridgehead atoms. The van der Waals surface area contributed by atoms with E-state index >= 15 is 0 Å². The molecule has 0 aliphatic carbocycles. The lowest BCUT2D eigenvalue weighted by molar-refractivity contribution is -0.136. The predicted octanol–water partition coefficient (Wildman–Crippen LogP) is 2.93. The number of amides is 1. The average Bonchev–Trinajstić information content (AvgIpc) is 3.20. The molecule has 1 aromatic carbocycles. The highest BCUT2D eigenvalue weighted by Gasteiger charge is 2.26. The Labute approximate surface area is 175 Å². The Bertz CT molecular complexity index is 1020. The molecule has 2 aromatic heterocycles. The highest BCUT2D eigenvalue weighted by Crippen LogP contribution is 2.29. The van der Waals surface area contributed by atoms with E-state index in [9.17, 15) is 4.79 Å². The number of carbonyl (C=O) groups excluding carboxylic acids is 1. The van der Waals surface area contributed by atoms with Crippen molar-refractivity contribution in [2.24, 2.45) is 0 Å². The minimum Gasteiger partial charge on any atom is -0.496 e. The van der Waals surface area contributed by atoms with E-state index in [0.29, 0.717) is 13.1 Å². The van der Waals surface area contributed by atoms with Gasteiger partial charge >= 0.3 is 0 Å². The van der Waals surface area contributed by atoms with Crippen molar-refractivity contribution >= 4 is 22.8 Å². The van der Waals surface area contributed by atoms with Crippen LogP contribution in [0.1, 0.15) is 30.0 Å². The number of hydrogen-bond donors (Lipinski definition) is 2. The largest absolute Gasteiger partial charge is 0.496 e. The number of carbonyl (C=O) groups is 1. The number of anilines is 1. The lowest BCUT2D eigenvalue weighted by Crippen LogP contribution is -2.41. The molecule has 2 N–H and O–H groups in total. The first kappa shape index (κ1) is 20.2. The van der Waals surface area contributed by atoms with Gasteiger partial charge in [-0.05, 0) is 31.0 Å². The molecular formula is C22H27N5O3. The van der Waals surface area contributed by atoms with E-state index in [-0.39, 0.29) is 18.4 Å². The molecule has 3 heterocycles. The van der Waals surface area contributed by atoms with Gasteiger partial charge in [-0.1, -0.05) is 18.2 Å². The van der Waals surface area contributed by atoms with Crippen molar-refractivity contribution in [2.75, 3.05) is 39.2 Å². The van der Waals surface area contributed by atoms with Gasteiger partial charge in [-0.15, -0.1) is 0 Å². The predicted molar refractivity (Wildman–Crippen MR) is 115 cm³/mol. The fourth-order valence-electron chi connectivity index (χ4n) is 3.97. The van der Waals surface area contributed by atoms with Crippen molar-refractivity contribution in [1.82, 2.24) is 20.1 Å². The standard InChI is InChI=1S/C22H27N5O3/c1-29-14-20(28)27-11-5-7-16(13-27)18-10-9-17-21(25-26-22(17)24-18)23-12-15-6-3-4-8-19(15)30-2/h3-4,6,8-10,16H,5,7,11-14H2,1-2H3,(H2,23,24,25,26).